The molecule has 0 aromatic rings. The fourth-order valence-corrected chi connectivity index (χ4v) is 7.13. The summed E-state index contributed by atoms with van der Waals surface area (Å²) >= 11 is 0. The van der Waals surface area contributed by atoms with Gasteiger partial charge in [-0.1, -0.05) is 0 Å². The summed E-state index contributed by atoms with van der Waals surface area (Å²) in [6.45, 7) is 0.332. The molecule has 18 atom stereocenters. The maximum Gasteiger partial charge on any atom is 0.302 e. The molecular formula is C28H46O16. The third-order valence-electron chi connectivity index (χ3n) is 9.63. The Morgan fingerprint density at radius 2 is 1.48 bits per heavy atom. The van der Waals surface area contributed by atoms with Crippen molar-refractivity contribution >= 4 is 5.97 Å². The number of fused-ring (bicyclic) bond motifs is 1. The van der Waals surface area contributed by atoms with Gasteiger partial charge in [0.05, 0.1) is 49.3 Å². The summed E-state index contributed by atoms with van der Waals surface area (Å²) in [6.07, 6.45) is -17.9. The third kappa shape index (κ3) is 7.39. The van der Waals surface area contributed by atoms with Crippen LogP contribution in [0.15, 0.2) is 0 Å². The lowest BCUT2D eigenvalue weighted by Gasteiger charge is -2.51. The normalized spacial score (nSPS) is 51.8. The molecule has 0 spiro atoms. The van der Waals surface area contributed by atoms with Crippen molar-refractivity contribution in [3.8, 4) is 0 Å². The molecule has 0 aromatic heterocycles. The van der Waals surface area contributed by atoms with Crippen LogP contribution in [0.2, 0.25) is 0 Å². The highest BCUT2D eigenvalue weighted by Crippen LogP contribution is 2.43. The highest BCUT2D eigenvalue weighted by molar-refractivity contribution is 5.65. The Morgan fingerprint density at radius 1 is 0.727 bits per heavy atom. The summed E-state index contributed by atoms with van der Waals surface area (Å²) in [5.74, 6) is -1.39. The SMILES string of the molecule is CC(=O)OCC1OC(OC2CC3C(O)CC(O)CC3OC2C2CCC(O)C(O)C2)C(OC2OCC(O)C(O)C2O)C(O)C1O. The van der Waals surface area contributed by atoms with Gasteiger partial charge in [0.15, 0.2) is 12.6 Å². The highest BCUT2D eigenvalue weighted by Gasteiger charge is 2.54. The van der Waals surface area contributed by atoms with Crippen LogP contribution in [0, 0.1) is 11.8 Å². The fourth-order valence-electron chi connectivity index (χ4n) is 7.13. The average Bonchev–Trinajstić information content (AvgIpc) is 2.97. The predicted octanol–water partition coefficient (Wildman–Crippen LogP) is -3.98. The van der Waals surface area contributed by atoms with Gasteiger partial charge in [0.1, 0.15) is 49.3 Å². The molecule has 0 amide bonds. The largest absolute Gasteiger partial charge is 0.463 e. The minimum atomic E-state index is -1.73. The number of rotatable bonds is 7. The maximum absolute atomic E-state index is 11.5. The van der Waals surface area contributed by atoms with Gasteiger partial charge in [-0.3, -0.25) is 4.79 Å². The molecule has 3 saturated heterocycles. The molecule has 16 nitrogen and oxygen atoms in total. The first-order valence-corrected chi connectivity index (χ1v) is 15.3. The Bertz CT molecular complexity index is 957. The van der Waals surface area contributed by atoms with Crippen molar-refractivity contribution in [3.63, 3.8) is 0 Å². The van der Waals surface area contributed by atoms with Crippen LogP contribution >= 0.6 is 0 Å². The van der Waals surface area contributed by atoms with Gasteiger partial charge in [-0.25, -0.2) is 0 Å². The Morgan fingerprint density at radius 3 is 2.18 bits per heavy atom. The average molecular weight is 639 g/mol. The molecule has 2 saturated carbocycles. The lowest BCUT2D eigenvalue weighted by Crippen LogP contribution is -2.65. The van der Waals surface area contributed by atoms with E-state index in [2.05, 4.69) is 0 Å². The maximum atomic E-state index is 11.5. The number of ether oxygens (including phenoxy) is 6. The van der Waals surface area contributed by atoms with Gasteiger partial charge in [0, 0.05) is 12.8 Å². The molecule has 2 aliphatic carbocycles. The lowest BCUT2D eigenvalue weighted by atomic mass is 9.72. The van der Waals surface area contributed by atoms with Crippen molar-refractivity contribution in [1.82, 2.24) is 0 Å². The van der Waals surface area contributed by atoms with Crippen molar-refractivity contribution in [2.75, 3.05) is 13.2 Å². The molecule has 44 heavy (non-hydrogen) atoms. The summed E-state index contributed by atoms with van der Waals surface area (Å²) < 4.78 is 35.0. The summed E-state index contributed by atoms with van der Waals surface area (Å²) in [5.41, 5.74) is 0. The minimum absolute atomic E-state index is 0.141. The topological polar surface area (TPSA) is 255 Å². The van der Waals surface area contributed by atoms with Crippen LogP contribution in [0.1, 0.15) is 45.4 Å². The van der Waals surface area contributed by atoms with Gasteiger partial charge in [-0.15, -0.1) is 0 Å². The van der Waals surface area contributed by atoms with Crippen molar-refractivity contribution in [2.45, 2.75) is 143 Å². The monoisotopic (exact) mass is 638 g/mol. The van der Waals surface area contributed by atoms with E-state index < -0.39 is 123 Å². The van der Waals surface area contributed by atoms with E-state index in [0.29, 0.717) is 12.8 Å². The Balaban J connectivity index is 1.41. The van der Waals surface area contributed by atoms with Gasteiger partial charge in [-0.2, -0.15) is 0 Å². The zero-order valence-corrected chi connectivity index (χ0v) is 24.4. The first kappa shape index (κ1) is 34.3. The van der Waals surface area contributed by atoms with E-state index in [1.807, 2.05) is 0 Å². The molecular weight excluding hydrogens is 592 g/mol. The number of hydrogen-bond acceptors (Lipinski definition) is 16. The molecule has 3 heterocycles. The first-order chi connectivity index (χ1) is 20.8. The zero-order chi connectivity index (χ0) is 31.9. The van der Waals surface area contributed by atoms with Gasteiger partial charge in [-0.05, 0) is 44.4 Å². The summed E-state index contributed by atoms with van der Waals surface area (Å²) in [5, 5.41) is 94.1. The summed E-state index contributed by atoms with van der Waals surface area (Å²) in [6, 6.07) is 0. The molecule has 9 N–H and O–H groups in total. The van der Waals surface area contributed by atoms with Crippen LogP contribution in [0.3, 0.4) is 0 Å². The predicted molar refractivity (Wildman–Crippen MR) is 142 cm³/mol. The standard InChI is InChI=1S/C28H46O16/c1-10(29)39-9-20-22(36)23(37)26(44-27-24(38)21(35)17(34)8-40-27)28(43-20)42-19-7-13-15(32)5-12(30)6-18(13)41-25(19)11-2-3-14(31)16(33)4-11/h11-28,30-38H,2-9H2,1H3. The Labute approximate surface area is 254 Å². The van der Waals surface area contributed by atoms with E-state index in [4.69, 9.17) is 28.4 Å². The van der Waals surface area contributed by atoms with Gasteiger partial charge >= 0.3 is 5.97 Å². The second-order valence-corrected chi connectivity index (χ2v) is 12.8. The molecule has 18 unspecified atom stereocenters. The lowest BCUT2D eigenvalue weighted by molar-refractivity contribution is -0.371. The van der Waals surface area contributed by atoms with Gasteiger partial charge in [0.2, 0.25) is 0 Å². The minimum Gasteiger partial charge on any atom is -0.463 e. The van der Waals surface area contributed by atoms with Crippen LogP contribution in [0.25, 0.3) is 0 Å². The zero-order valence-electron chi connectivity index (χ0n) is 24.4. The highest BCUT2D eigenvalue weighted by atomic mass is 16.8. The van der Waals surface area contributed by atoms with Crippen molar-refractivity contribution in [3.05, 3.63) is 0 Å². The van der Waals surface area contributed by atoms with E-state index in [0.717, 1.165) is 6.92 Å². The molecule has 0 radical (unpaired) electrons. The number of aliphatic hydroxyl groups is 9. The van der Waals surface area contributed by atoms with Crippen LogP contribution in [-0.4, -0.2) is 163 Å². The van der Waals surface area contributed by atoms with E-state index in [1.165, 1.54) is 0 Å². The second-order valence-electron chi connectivity index (χ2n) is 12.8. The van der Waals surface area contributed by atoms with Crippen LogP contribution in [0.5, 0.6) is 0 Å². The molecule has 5 fully saturated rings. The molecule has 5 rings (SSSR count). The summed E-state index contributed by atoms with van der Waals surface area (Å²) in [4.78, 5) is 11.5. The molecule has 0 aromatic carbocycles. The van der Waals surface area contributed by atoms with Gasteiger partial charge in [0.25, 0.3) is 0 Å². The number of esters is 1. The van der Waals surface area contributed by atoms with E-state index in [1.54, 1.807) is 0 Å². The Hall–Kier alpha value is -1.09. The number of hydrogen-bond donors (Lipinski definition) is 9. The summed E-state index contributed by atoms with van der Waals surface area (Å²) in [7, 11) is 0. The molecule has 0 bridgehead atoms. The van der Waals surface area contributed by atoms with Crippen LogP contribution < -0.4 is 0 Å². The fraction of sp³-hybridized carbons (Fsp3) is 0.964. The molecule has 16 heteroatoms. The van der Waals surface area contributed by atoms with E-state index in [-0.39, 0.29) is 31.6 Å². The van der Waals surface area contributed by atoms with Crippen LogP contribution in [0.4, 0.5) is 0 Å². The van der Waals surface area contributed by atoms with Gasteiger partial charge < -0.3 is 74.4 Å². The first-order valence-electron chi connectivity index (χ1n) is 15.3. The molecule has 254 valence electrons. The van der Waals surface area contributed by atoms with Crippen molar-refractivity contribution < 1.29 is 79.2 Å². The van der Waals surface area contributed by atoms with Crippen LogP contribution in [-0.2, 0) is 33.2 Å². The smallest absolute Gasteiger partial charge is 0.302 e. The van der Waals surface area contributed by atoms with E-state index >= 15 is 0 Å². The second kappa shape index (κ2) is 14.4. The molecule has 5 aliphatic rings. The van der Waals surface area contributed by atoms with E-state index in [9.17, 15) is 50.8 Å². The van der Waals surface area contributed by atoms with Crippen molar-refractivity contribution in [2.24, 2.45) is 11.8 Å². The number of aliphatic hydroxyl groups excluding tert-OH is 9. The number of carbonyl (C=O) groups is 1. The van der Waals surface area contributed by atoms with Crippen molar-refractivity contribution in [1.29, 1.82) is 0 Å². The number of carbonyl (C=O) groups excluding carboxylic acids is 1. The third-order valence-corrected chi connectivity index (χ3v) is 9.63. The Kier molecular flexibility index (Phi) is 11.2. The molecule has 3 aliphatic heterocycles. The quantitative estimate of drug-likeness (QED) is 0.121.